The summed E-state index contributed by atoms with van der Waals surface area (Å²) < 4.78 is 18.4. The summed E-state index contributed by atoms with van der Waals surface area (Å²) in [6.07, 6.45) is 1.62. The second-order valence-electron chi connectivity index (χ2n) is 4.00. The molecule has 108 valence electrons. The van der Waals surface area contributed by atoms with Crippen LogP contribution in [-0.2, 0) is 6.42 Å². The number of nitrogens with zero attached hydrogens (tertiary/aromatic N) is 2. The second-order valence-corrected chi connectivity index (χ2v) is 4.00. The van der Waals surface area contributed by atoms with Crippen molar-refractivity contribution in [1.82, 2.24) is 15.5 Å². The normalized spacial score (nSPS) is 9.81. The number of hydrogen-bond donors (Lipinski definition) is 2. The van der Waals surface area contributed by atoms with Crippen molar-refractivity contribution in [1.29, 1.82) is 0 Å². The maximum Gasteiger partial charge on any atom is 0.254 e. The lowest BCUT2D eigenvalue weighted by Gasteiger charge is -2.05. The quantitative estimate of drug-likeness (QED) is 0.801. The Bertz CT molecular complexity index is 675. The number of amides is 1. The van der Waals surface area contributed by atoms with Crippen LogP contribution in [0.15, 0.2) is 29.0 Å². The van der Waals surface area contributed by atoms with Gasteiger partial charge >= 0.3 is 0 Å². The van der Waals surface area contributed by atoms with E-state index in [0.717, 1.165) is 6.07 Å². The molecule has 1 aromatic carbocycles. The molecule has 1 aromatic heterocycles. The van der Waals surface area contributed by atoms with Gasteiger partial charge in [-0.2, -0.15) is 4.98 Å². The van der Waals surface area contributed by atoms with E-state index in [1.54, 1.807) is 0 Å². The van der Waals surface area contributed by atoms with Gasteiger partial charge < -0.3 is 14.9 Å². The van der Waals surface area contributed by atoms with E-state index in [2.05, 4.69) is 27.3 Å². The van der Waals surface area contributed by atoms with Crippen molar-refractivity contribution >= 4 is 5.91 Å². The molecule has 0 radical (unpaired) electrons. The monoisotopic (exact) mass is 289 g/mol. The molecule has 0 bridgehead atoms. The second kappa shape index (κ2) is 7.17. The number of halogens is 1. The molecule has 1 heterocycles. The van der Waals surface area contributed by atoms with Crippen molar-refractivity contribution in [3.05, 3.63) is 47.4 Å². The van der Waals surface area contributed by atoms with Crippen LogP contribution in [0.2, 0.25) is 0 Å². The van der Waals surface area contributed by atoms with E-state index in [-0.39, 0.29) is 18.7 Å². The van der Waals surface area contributed by atoms with Crippen LogP contribution in [0.3, 0.4) is 0 Å². The largest absolute Gasteiger partial charge is 0.384 e. The van der Waals surface area contributed by atoms with Gasteiger partial charge in [0.15, 0.2) is 6.33 Å². The topological polar surface area (TPSA) is 88.3 Å². The molecular weight excluding hydrogens is 277 g/mol. The van der Waals surface area contributed by atoms with E-state index in [1.165, 1.54) is 18.5 Å². The van der Waals surface area contributed by atoms with Crippen LogP contribution in [0.1, 0.15) is 21.8 Å². The molecule has 2 aromatic rings. The molecule has 6 nitrogen and oxygen atoms in total. The van der Waals surface area contributed by atoms with Gasteiger partial charge in [-0.15, -0.1) is 0 Å². The van der Waals surface area contributed by atoms with E-state index < -0.39 is 11.7 Å². The van der Waals surface area contributed by atoms with Crippen LogP contribution in [0.25, 0.3) is 0 Å². The Morgan fingerprint density at radius 2 is 2.33 bits per heavy atom. The predicted molar refractivity (Wildman–Crippen MR) is 70.7 cm³/mol. The molecular formula is C14H12FN3O3. The van der Waals surface area contributed by atoms with Gasteiger partial charge in [0.2, 0.25) is 5.89 Å². The maximum atomic E-state index is 13.6. The lowest BCUT2D eigenvalue weighted by molar-refractivity contribution is 0.0949. The van der Waals surface area contributed by atoms with Gasteiger partial charge in [0.25, 0.3) is 5.91 Å². The standard InChI is InChI=1S/C14H12FN3O3/c15-12-4-3-10(2-1-7-19)8-11(12)14(20)16-6-5-13-17-9-18-21-13/h3-4,8-9,19H,5-7H2,(H,16,20). The summed E-state index contributed by atoms with van der Waals surface area (Å²) in [6, 6.07) is 3.93. The maximum absolute atomic E-state index is 13.6. The molecule has 0 aliphatic carbocycles. The Morgan fingerprint density at radius 1 is 1.48 bits per heavy atom. The van der Waals surface area contributed by atoms with Gasteiger partial charge in [0.1, 0.15) is 12.4 Å². The first-order chi connectivity index (χ1) is 10.2. The van der Waals surface area contributed by atoms with Crippen molar-refractivity contribution in [3.8, 4) is 11.8 Å². The van der Waals surface area contributed by atoms with Crippen LogP contribution < -0.4 is 5.32 Å². The van der Waals surface area contributed by atoms with E-state index in [4.69, 9.17) is 9.63 Å². The van der Waals surface area contributed by atoms with Crippen molar-refractivity contribution in [2.45, 2.75) is 6.42 Å². The summed E-state index contributed by atoms with van der Waals surface area (Å²) in [5.74, 6) is 4.24. The average Bonchev–Trinajstić information content (AvgIpc) is 2.99. The number of rotatable bonds is 4. The Hall–Kier alpha value is -2.72. The number of carbonyl (C=O) groups is 1. The first-order valence-corrected chi connectivity index (χ1v) is 6.13. The molecule has 0 saturated heterocycles. The number of benzene rings is 1. The average molecular weight is 289 g/mol. The number of aliphatic hydroxyl groups excluding tert-OH is 1. The van der Waals surface area contributed by atoms with E-state index in [1.807, 2.05) is 0 Å². The Kier molecular flexibility index (Phi) is 5.01. The summed E-state index contributed by atoms with van der Waals surface area (Å²) in [6.45, 7) is -0.0594. The minimum Gasteiger partial charge on any atom is -0.384 e. The molecule has 1 amide bonds. The Balaban J connectivity index is 2.00. The highest BCUT2D eigenvalue weighted by atomic mass is 19.1. The molecule has 0 fully saturated rings. The summed E-state index contributed by atoms with van der Waals surface area (Å²) in [4.78, 5) is 15.7. The van der Waals surface area contributed by atoms with Gasteiger partial charge in [-0.1, -0.05) is 17.0 Å². The van der Waals surface area contributed by atoms with Crippen molar-refractivity contribution in [2.24, 2.45) is 0 Å². The number of nitrogens with one attached hydrogen (secondary N) is 1. The van der Waals surface area contributed by atoms with Gasteiger partial charge in [-0.05, 0) is 18.2 Å². The fraction of sp³-hybridized carbons (Fsp3) is 0.214. The zero-order valence-electron chi connectivity index (χ0n) is 11.0. The highest BCUT2D eigenvalue weighted by molar-refractivity contribution is 5.94. The third kappa shape index (κ3) is 4.12. The summed E-state index contributed by atoms with van der Waals surface area (Å²) in [5, 5.41) is 14.6. The van der Waals surface area contributed by atoms with Crippen LogP contribution in [0.5, 0.6) is 0 Å². The van der Waals surface area contributed by atoms with Crippen LogP contribution >= 0.6 is 0 Å². The molecule has 2 N–H and O–H groups in total. The van der Waals surface area contributed by atoms with Crippen molar-refractivity contribution in [3.63, 3.8) is 0 Å². The van der Waals surface area contributed by atoms with Crippen molar-refractivity contribution in [2.75, 3.05) is 13.2 Å². The van der Waals surface area contributed by atoms with Crippen LogP contribution in [-0.4, -0.2) is 34.3 Å². The lowest BCUT2D eigenvalue weighted by atomic mass is 10.1. The molecule has 0 saturated carbocycles. The highest BCUT2D eigenvalue weighted by Gasteiger charge is 2.12. The number of aromatic nitrogens is 2. The summed E-state index contributed by atoms with van der Waals surface area (Å²) in [7, 11) is 0. The smallest absolute Gasteiger partial charge is 0.254 e. The predicted octanol–water partition coefficient (Wildman–Crippen LogP) is 0.525. The highest BCUT2D eigenvalue weighted by Crippen LogP contribution is 2.10. The van der Waals surface area contributed by atoms with Crippen molar-refractivity contribution < 1.29 is 18.8 Å². The SMILES string of the molecule is O=C(NCCc1ncno1)c1cc(C#CCO)ccc1F. The van der Waals surface area contributed by atoms with Gasteiger partial charge in [-0.3, -0.25) is 4.79 Å². The minimum absolute atomic E-state index is 0.106. The van der Waals surface area contributed by atoms with Crippen LogP contribution in [0, 0.1) is 17.7 Å². The summed E-state index contributed by atoms with van der Waals surface area (Å²) in [5.41, 5.74) is 0.345. The van der Waals surface area contributed by atoms with Crippen LogP contribution in [0.4, 0.5) is 4.39 Å². The fourth-order valence-electron chi connectivity index (χ4n) is 1.60. The summed E-state index contributed by atoms with van der Waals surface area (Å²) >= 11 is 0. The van der Waals surface area contributed by atoms with Gasteiger partial charge in [0.05, 0.1) is 5.56 Å². The lowest BCUT2D eigenvalue weighted by Crippen LogP contribution is -2.26. The van der Waals surface area contributed by atoms with E-state index in [0.29, 0.717) is 17.9 Å². The number of hydrogen-bond acceptors (Lipinski definition) is 5. The molecule has 2 rings (SSSR count). The first-order valence-electron chi connectivity index (χ1n) is 6.13. The van der Waals surface area contributed by atoms with Gasteiger partial charge in [-0.25, -0.2) is 4.39 Å². The van der Waals surface area contributed by atoms with E-state index >= 15 is 0 Å². The number of carbonyl (C=O) groups excluding carboxylic acids is 1. The van der Waals surface area contributed by atoms with E-state index in [9.17, 15) is 9.18 Å². The zero-order valence-corrected chi connectivity index (χ0v) is 11.0. The molecule has 7 heteroatoms. The first kappa shape index (κ1) is 14.7. The number of aliphatic hydroxyl groups is 1. The molecule has 0 atom stereocenters. The minimum atomic E-state index is -0.639. The fourth-order valence-corrected chi connectivity index (χ4v) is 1.60. The zero-order chi connectivity index (χ0) is 15.1. The molecule has 0 aliphatic heterocycles. The van der Waals surface area contributed by atoms with Gasteiger partial charge in [0, 0.05) is 18.5 Å². The Morgan fingerprint density at radius 3 is 3.05 bits per heavy atom. The molecule has 0 spiro atoms. The third-order valence-electron chi connectivity index (χ3n) is 2.55. The third-order valence-corrected chi connectivity index (χ3v) is 2.55. The molecule has 21 heavy (non-hydrogen) atoms. The molecule has 0 aliphatic rings. The molecule has 0 unspecified atom stereocenters. The Labute approximate surface area is 120 Å².